The van der Waals surface area contributed by atoms with Gasteiger partial charge < -0.3 is 15.8 Å². The Labute approximate surface area is 195 Å². The second kappa shape index (κ2) is 10.5. The summed E-state index contributed by atoms with van der Waals surface area (Å²) in [6, 6.07) is 9.37. The molecule has 0 unspecified atom stereocenters. The minimum absolute atomic E-state index is 0.00628. The van der Waals surface area contributed by atoms with Gasteiger partial charge in [0.25, 0.3) is 5.91 Å². The lowest BCUT2D eigenvalue weighted by Gasteiger charge is -2.22. The number of benzene rings is 1. The fourth-order valence-electron chi connectivity index (χ4n) is 4.39. The van der Waals surface area contributed by atoms with Crippen molar-refractivity contribution in [1.82, 2.24) is 4.98 Å². The molecule has 2 aromatic rings. The van der Waals surface area contributed by atoms with E-state index in [0.29, 0.717) is 41.9 Å². The number of rotatable bonds is 11. The van der Waals surface area contributed by atoms with Crippen LogP contribution in [0.1, 0.15) is 60.9 Å². The van der Waals surface area contributed by atoms with Crippen LogP contribution in [-0.2, 0) is 11.3 Å². The molecule has 2 fully saturated rings. The number of pyridine rings is 1. The summed E-state index contributed by atoms with van der Waals surface area (Å²) in [5.41, 5.74) is 7.58. The van der Waals surface area contributed by atoms with Gasteiger partial charge in [-0.2, -0.15) is 0 Å². The molecular weight excluding hydrogens is 416 g/mol. The zero-order chi connectivity index (χ0) is 23.2. The molecule has 1 aromatic heterocycles. The SMILES string of the molecule is C=CCC(=O)N(c1cc(CNc2c(OCC3CCCC3)cccc2C(N)=O)ccn1)C1CC1. The highest BCUT2D eigenvalue weighted by Crippen LogP contribution is 2.33. The van der Waals surface area contributed by atoms with Crippen molar-refractivity contribution in [1.29, 1.82) is 0 Å². The van der Waals surface area contributed by atoms with Crippen LogP contribution in [0.5, 0.6) is 5.75 Å². The number of hydrogen-bond acceptors (Lipinski definition) is 5. The number of nitrogens with zero attached hydrogens (tertiary/aromatic N) is 2. The summed E-state index contributed by atoms with van der Waals surface area (Å²) in [7, 11) is 0. The number of nitrogens with two attached hydrogens (primary N) is 1. The summed E-state index contributed by atoms with van der Waals surface area (Å²) in [4.78, 5) is 30.9. The molecule has 0 saturated heterocycles. The van der Waals surface area contributed by atoms with Gasteiger partial charge in [0.15, 0.2) is 0 Å². The number of amides is 2. The molecular formula is C26H32N4O3. The van der Waals surface area contributed by atoms with Crippen LogP contribution in [0.15, 0.2) is 49.2 Å². The lowest BCUT2D eigenvalue weighted by molar-refractivity contribution is -0.117. The first-order chi connectivity index (χ1) is 16.1. The predicted molar refractivity (Wildman–Crippen MR) is 129 cm³/mol. The van der Waals surface area contributed by atoms with Crippen molar-refractivity contribution >= 4 is 23.3 Å². The molecule has 174 valence electrons. The number of carbonyl (C=O) groups excluding carboxylic acids is 2. The van der Waals surface area contributed by atoms with Gasteiger partial charge in [0.1, 0.15) is 11.6 Å². The molecule has 3 N–H and O–H groups in total. The van der Waals surface area contributed by atoms with Crippen LogP contribution in [0.3, 0.4) is 0 Å². The maximum absolute atomic E-state index is 12.6. The number of hydrogen-bond donors (Lipinski definition) is 2. The molecule has 0 atom stereocenters. The van der Waals surface area contributed by atoms with Crippen LogP contribution in [0, 0.1) is 5.92 Å². The largest absolute Gasteiger partial charge is 0.491 e. The maximum Gasteiger partial charge on any atom is 0.250 e. The third-order valence-electron chi connectivity index (χ3n) is 6.27. The Morgan fingerprint density at radius 3 is 2.70 bits per heavy atom. The first-order valence-electron chi connectivity index (χ1n) is 11.7. The topological polar surface area (TPSA) is 97.5 Å². The van der Waals surface area contributed by atoms with Crippen molar-refractivity contribution < 1.29 is 14.3 Å². The van der Waals surface area contributed by atoms with Crippen molar-refractivity contribution in [3.05, 3.63) is 60.3 Å². The van der Waals surface area contributed by atoms with Gasteiger partial charge in [-0.1, -0.05) is 25.0 Å². The van der Waals surface area contributed by atoms with Crippen LogP contribution in [-0.4, -0.2) is 29.4 Å². The van der Waals surface area contributed by atoms with E-state index in [0.717, 1.165) is 18.4 Å². The van der Waals surface area contributed by atoms with Crippen LogP contribution in [0.4, 0.5) is 11.5 Å². The minimum atomic E-state index is -0.505. The van der Waals surface area contributed by atoms with E-state index in [9.17, 15) is 9.59 Å². The number of anilines is 2. The number of para-hydroxylation sites is 1. The molecule has 0 bridgehead atoms. The molecule has 0 radical (unpaired) electrons. The Bertz CT molecular complexity index is 1010. The van der Waals surface area contributed by atoms with Gasteiger partial charge in [-0.25, -0.2) is 4.98 Å². The monoisotopic (exact) mass is 448 g/mol. The number of aromatic nitrogens is 1. The highest BCUT2D eigenvalue weighted by Gasteiger charge is 2.34. The molecule has 0 aliphatic heterocycles. The van der Waals surface area contributed by atoms with Crippen LogP contribution < -0.4 is 20.7 Å². The molecule has 33 heavy (non-hydrogen) atoms. The van der Waals surface area contributed by atoms with Gasteiger partial charge in [-0.05, 0) is 61.4 Å². The average Bonchev–Trinajstić information content (AvgIpc) is 3.49. The molecule has 7 nitrogen and oxygen atoms in total. The summed E-state index contributed by atoms with van der Waals surface area (Å²) in [5, 5.41) is 3.35. The van der Waals surface area contributed by atoms with E-state index in [4.69, 9.17) is 10.5 Å². The van der Waals surface area contributed by atoms with E-state index in [1.165, 1.54) is 25.7 Å². The average molecular weight is 449 g/mol. The Morgan fingerprint density at radius 2 is 2.00 bits per heavy atom. The second-order valence-electron chi connectivity index (χ2n) is 8.87. The van der Waals surface area contributed by atoms with E-state index in [1.807, 2.05) is 18.2 Å². The fraction of sp³-hybridized carbons (Fsp3) is 0.423. The Hall–Kier alpha value is -3.35. The molecule has 4 rings (SSSR count). The fourth-order valence-corrected chi connectivity index (χ4v) is 4.39. The highest BCUT2D eigenvalue weighted by atomic mass is 16.5. The quantitative estimate of drug-likeness (QED) is 0.496. The molecule has 2 aliphatic rings. The van der Waals surface area contributed by atoms with E-state index in [-0.39, 0.29) is 18.4 Å². The third kappa shape index (κ3) is 5.72. The summed E-state index contributed by atoms with van der Waals surface area (Å²) in [6.45, 7) is 4.76. The minimum Gasteiger partial charge on any atom is -0.491 e. The first-order valence-corrected chi connectivity index (χ1v) is 11.7. The number of primary amides is 1. The van der Waals surface area contributed by atoms with Gasteiger partial charge in [0.05, 0.1) is 17.9 Å². The zero-order valence-corrected chi connectivity index (χ0v) is 19.0. The van der Waals surface area contributed by atoms with Crippen molar-refractivity contribution in [2.24, 2.45) is 11.7 Å². The molecule has 2 aliphatic carbocycles. The molecule has 1 aromatic carbocycles. The van der Waals surface area contributed by atoms with Crippen LogP contribution in [0.2, 0.25) is 0 Å². The van der Waals surface area contributed by atoms with Gasteiger partial charge >= 0.3 is 0 Å². The smallest absolute Gasteiger partial charge is 0.250 e. The van der Waals surface area contributed by atoms with E-state index >= 15 is 0 Å². The lowest BCUT2D eigenvalue weighted by atomic mass is 10.1. The number of carbonyl (C=O) groups is 2. The van der Waals surface area contributed by atoms with Gasteiger partial charge in [-0.3, -0.25) is 14.5 Å². The summed E-state index contributed by atoms with van der Waals surface area (Å²) in [5.74, 6) is 1.33. The van der Waals surface area contributed by atoms with Crippen molar-refractivity contribution in [2.75, 3.05) is 16.8 Å². The van der Waals surface area contributed by atoms with Gasteiger partial charge in [0, 0.05) is 25.2 Å². The Morgan fingerprint density at radius 1 is 1.21 bits per heavy atom. The van der Waals surface area contributed by atoms with Crippen LogP contribution in [0.25, 0.3) is 0 Å². The lowest BCUT2D eigenvalue weighted by Crippen LogP contribution is -2.33. The predicted octanol–water partition coefficient (Wildman–Crippen LogP) is 4.43. The van der Waals surface area contributed by atoms with E-state index in [2.05, 4.69) is 16.9 Å². The van der Waals surface area contributed by atoms with Gasteiger partial charge in [-0.15, -0.1) is 6.58 Å². The summed E-state index contributed by atoms with van der Waals surface area (Å²) >= 11 is 0. The maximum atomic E-state index is 12.6. The molecule has 2 amide bonds. The number of nitrogens with one attached hydrogen (secondary N) is 1. The molecule has 0 spiro atoms. The molecule has 2 saturated carbocycles. The standard InChI is InChI=1S/C26H32N4O3/c1-2-6-24(31)30(20-11-12-20)23-15-19(13-14-28-23)16-29-25-21(26(27)32)9-5-10-22(25)33-17-18-7-3-4-8-18/h2,5,9-10,13-15,18,20,29H,1,3-4,6-8,11-12,16-17H2,(H2,27,32). The first kappa shape index (κ1) is 22.8. The molecule has 7 heteroatoms. The normalized spacial score (nSPS) is 15.8. The van der Waals surface area contributed by atoms with Crippen molar-refractivity contribution in [3.63, 3.8) is 0 Å². The number of ether oxygens (including phenoxy) is 1. The van der Waals surface area contributed by atoms with Crippen LogP contribution >= 0.6 is 0 Å². The van der Waals surface area contributed by atoms with E-state index in [1.54, 1.807) is 29.3 Å². The van der Waals surface area contributed by atoms with Crippen molar-refractivity contribution in [2.45, 2.75) is 57.5 Å². The summed E-state index contributed by atoms with van der Waals surface area (Å²) in [6.07, 6.45) is 10.4. The zero-order valence-electron chi connectivity index (χ0n) is 19.0. The van der Waals surface area contributed by atoms with E-state index < -0.39 is 5.91 Å². The molecule has 1 heterocycles. The summed E-state index contributed by atoms with van der Waals surface area (Å²) < 4.78 is 6.12. The Kier molecular flexibility index (Phi) is 7.27. The van der Waals surface area contributed by atoms with Crippen molar-refractivity contribution in [3.8, 4) is 5.75 Å². The van der Waals surface area contributed by atoms with Gasteiger partial charge in [0.2, 0.25) is 5.91 Å². The third-order valence-corrected chi connectivity index (χ3v) is 6.27. The Balaban J connectivity index is 1.51. The second-order valence-corrected chi connectivity index (χ2v) is 8.87. The highest BCUT2D eigenvalue weighted by molar-refractivity contribution is 6.00.